The Balaban J connectivity index is 2.50. The van der Waals surface area contributed by atoms with E-state index in [4.69, 9.17) is 5.11 Å². The van der Waals surface area contributed by atoms with Crippen LogP contribution in [0.5, 0.6) is 0 Å². The Morgan fingerprint density at radius 1 is 1.71 bits per heavy atom. The number of nitrogens with zero attached hydrogens (tertiary/aromatic N) is 1. The largest absolute Gasteiger partial charge is 0.394 e. The van der Waals surface area contributed by atoms with Crippen molar-refractivity contribution in [3.05, 3.63) is 0 Å². The lowest BCUT2D eigenvalue weighted by Crippen LogP contribution is -2.42. The molecule has 1 fully saturated rings. The molecular weight excluding hydrogens is 180 g/mol. The molecular formula is C10H20N2O2. The van der Waals surface area contributed by atoms with Gasteiger partial charge in [0.1, 0.15) is 0 Å². The third-order valence-electron chi connectivity index (χ3n) is 2.80. The minimum Gasteiger partial charge on any atom is -0.394 e. The normalized spacial score (nSPS) is 23.9. The minimum atomic E-state index is 0.00662. The summed E-state index contributed by atoms with van der Waals surface area (Å²) in [6.45, 7) is 3.52. The Labute approximate surface area is 85.3 Å². The summed E-state index contributed by atoms with van der Waals surface area (Å²) in [6.07, 6.45) is 1.96. The summed E-state index contributed by atoms with van der Waals surface area (Å²) in [5.74, 6) is 0.169. The van der Waals surface area contributed by atoms with Crippen molar-refractivity contribution in [2.75, 3.05) is 26.7 Å². The maximum atomic E-state index is 11.9. The number of carbonyl (C=O) groups excluding carboxylic acids is 1. The van der Waals surface area contributed by atoms with Crippen LogP contribution in [0.4, 0.5) is 0 Å². The number of aliphatic hydroxyl groups excluding tert-OH is 1. The zero-order valence-corrected chi connectivity index (χ0v) is 8.99. The zero-order valence-electron chi connectivity index (χ0n) is 8.99. The molecule has 0 saturated carbocycles. The van der Waals surface area contributed by atoms with Crippen LogP contribution in [0.1, 0.15) is 19.8 Å². The molecule has 0 aromatic carbocycles. The second kappa shape index (κ2) is 5.32. The smallest absolute Gasteiger partial charge is 0.227 e. The molecule has 4 heteroatoms. The van der Waals surface area contributed by atoms with Gasteiger partial charge in [-0.05, 0) is 19.9 Å². The number of amides is 1. The Morgan fingerprint density at radius 2 is 2.43 bits per heavy atom. The van der Waals surface area contributed by atoms with Gasteiger partial charge < -0.3 is 15.3 Å². The van der Waals surface area contributed by atoms with Gasteiger partial charge in [0, 0.05) is 19.0 Å². The van der Waals surface area contributed by atoms with Crippen LogP contribution >= 0.6 is 0 Å². The van der Waals surface area contributed by atoms with E-state index in [1.54, 1.807) is 0 Å². The van der Waals surface area contributed by atoms with Crippen molar-refractivity contribution in [2.45, 2.75) is 25.8 Å². The predicted octanol–water partition coefficient (Wildman–Crippen LogP) is -0.175. The van der Waals surface area contributed by atoms with Crippen molar-refractivity contribution in [3.8, 4) is 0 Å². The summed E-state index contributed by atoms with van der Waals surface area (Å²) in [5.41, 5.74) is 0. The lowest BCUT2D eigenvalue weighted by atomic mass is 10.1. The second-order valence-corrected chi connectivity index (χ2v) is 3.97. The van der Waals surface area contributed by atoms with Gasteiger partial charge in [-0.1, -0.05) is 6.92 Å². The summed E-state index contributed by atoms with van der Waals surface area (Å²) in [7, 11) is 1.84. The first-order chi connectivity index (χ1) is 6.70. The molecule has 82 valence electrons. The summed E-state index contributed by atoms with van der Waals surface area (Å²) in [4.78, 5) is 13.7. The fourth-order valence-electron chi connectivity index (χ4n) is 1.99. The average Bonchev–Trinajstić information content (AvgIpc) is 2.64. The Morgan fingerprint density at radius 3 is 3.00 bits per heavy atom. The van der Waals surface area contributed by atoms with Gasteiger partial charge in [0.2, 0.25) is 5.91 Å². The standard InChI is InChI=1S/C10H20N2O2/c1-8(6-11-2)10(14)12-5-3-4-9(12)7-13/h8-9,11,13H,3-7H2,1-2H3/t8?,9-/m0/s1. The Bertz CT molecular complexity index is 197. The van der Waals surface area contributed by atoms with Gasteiger partial charge in [-0.25, -0.2) is 0 Å². The third-order valence-corrected chi connectivity index (χ3v) is 2.80. The van der Waals surface area contributed by atoms with Crippen molar-refractivity contribution in [1.29, 1.82) is 0 Å². The maximum Gasteiger partial charge on any atom is 0.227 e. The average molecular weight is 200 g/mol. The first-order valence-corrected chi connectivity index (χ1v) is 5.26. The zero-order chi connectivity index (χ0) is 10.6. The van der Waals surface area contributed by atoms with E-state index >= 15 is 0 Å². The number of rotatable bonds is 4. The predicted molar refractivity (Wildman–Crippen MR) is 54.9 cm³/mol. The highest BCUT2D eigenvalue weighted by atomic mass is 16.3. The molecule has 14 heavy (non-hydrogen) atoms. The highest BCUT2D eigenvalue weighted by molar-refractivity contribution is 5.79. The molecule has 0 bridgehead atoms. The summed E-state index contributed by atoms with van der Waals surface area (Å²) >= 11 is 0. The molecule has 1 aliphatic rings. The molecule has 1 amide bonds. The molecule has 0 spiro atoms. The van der Waals surface area contributed by atoms with Crippen molar-refractivity contribution < 1.29 is 9.90 Å². The van der Waals surface area contributed by atoms with E-state index in [0.717, 1.165) is 19.4 Å². The van der Waals surface area contributed by atoms with Gasteiger partial charge in [0.15, 0.2) is 0 Å². The minimum absolute atomic E-state index is 0.00662. The molecule has 2 atom stereocenters. The lowest BCUT2D eigenvalue weighted by molar-refractivity contribution is -0.136. The van der Waals surface area contributed by atoms with Crippen LogP contribution in [0.2, 0.25) is 0 Å². The quantitative estimate of drug-likeness (QED) is 0.662. The summed E-state index contributed by atoms with van der Waals surface area (Å²) in [5, 5.41) is 12.1. The molecule has 0 radical (unpaired) electrons. The molecule has 0 aliphatic carbocycles. The van der Waals surface area contributed by atoms with Crippen LogP contribution in [0.15, 0.2) is 0 Å². The van der Waals surface area contributed by atoms with E-state index in [1.807, 2.05) is 18.9 Å². The monoisotopic (exact) mass is 200 g/mol. The van der Waals surface area contributed by atoms with E-state index in [0.29, 0.717) is 6.54 Å². The van der Waals surface area contributed by atoms with Crippen molar-refractivity contribution in [3.63, 3.8) is 0 Å². The third kappa shape index (κ3) is 2.45. The first kappa shape index (κ1) is 11.5. The second-order valence-electron chi connectivity index (χ2n) is 3.97. The van der Waals surface area contributed by atoms with E-state index in [2.05, 4.69) is 5.32 Å². The highest BCUT2D eigenvalue weighted by Crippen LogP contribution is 2.18. The van der Waals surface area contributed by atoms with Gasteiger partial charge >= 0.3 is 0 Å². The van der Waals surface area contributed by atoms with Crippen molar-refractivity contribution in [1.82, 2.24) is 10.2 Å². The number of nitrogens with one attached hydrogen (secondary N) is 1. The highest BCUT2D eigenvalue weighted by Gasteiger charge is 2.30. The molecule has 0 aromatic heterocycles. The van der Waals surface area contributed by atoms with Gasteiger partial charge in [0.05, 0.1) is 12.6 Å². The number of aliphatic hydroxyl groups is 1. The van der Waals surface area contributed by atoms with Crippen molar-refractivity contribution in [2.24, 2.45) is 5.92 Å². The van der Waals surface area contributed by atoms with Gasteiger partial charge in [-0.3, -0.25) is 4.79 Å². The molecule has 1 saturated heterocycles. The number of likely N-dealkylation sites (tertiary alicyclic amines) is 1. The van der Waals surface area contributed by atoms with Gasteiger partial charge in [-0.15, -0.1) is 0 Å². The summed E-state index contributed by atoms with van der Waals surface area (Å²) < 4.78 is 0. The Kier molecular flexibility index (Phi) is 4.35. The maximum absolute atomic E-state index is 11.9. The molecule has 1 heterocycles. The van der Waals surface area contributed by atoms with Crippen LogP contribution in [-0.4, -0.2) is 48.7 Å². The van der Waals surface area contributed by atoms with Crippen LogP contribution in [0.25, 0.3) is 0 Å². The van der Waals surface area contributed by atoms with E-state index in [9.17, 15) is 4.79 Å². The SMILES string of the molecule is CNCC(C)C(=O)N1CCC[C@H]1CO. The molecule has 2 N–H and O–H groups in total. The van der Waals surface area contributed by atoms with E-state index in [-0.39, 0.29) is 24.5 Å². The fourth-order valence-corrected chi connectivity index (χ4v) is 1.99. The molecule has 0 aromatic rings. The first-order valence-electron chi connectivity index (χ1n) is 5.26. The fraction of sp³-hybridized carbons (Fsp3) is 0.900. The summed E-state index contributed by atoms with van der Waals surface area (Å²) in [6, 6.07) is 0.0572. The van der Waals surface area contributed by atoms with Crippen LogP contribution < -0.4 is 5.32 Å². The molecule has 1 aliphatic heterocycles. The van der Waals surface area contributed by atoms with Crippen LogP contribution in [0, 0.1) is 5.92 Å². The number of hydrogen-bond acceptors (Lipinski definition) is 3. The lowest BCUT2D eigenvalue weighted by Gasteiger charge is -2.26. The topological polar surface area (TPSA) is 52.6 Å². The Hall–Kier alpha value is -0.610. The van der Waals surface area contributed by atoms with Gasteiger partial charge in [0.25, 0.3) is 0 Å². The number of hydrogen-bond donors (Lipinski definition) is 2. The van der Waals surface area contributed by atoms with Crippen molar-refractivity contribution >= 4 is 5.91 Å². The van der Waals surface area contributed by atoms with Crippen LogP contribution in [0.3, 0.4) is 0 Å². The molecule has 1 unspecified atom stereocenters. The van der Waals surface area contributed by atoms with E-state index < -0.39 is 0 Å². The number of carbonyl (C=O) groups is 1. The van der Waals surface area contributed by atoms with Gasteiger partial charge in [-0.2, -0.15) is 0 Å². The molecule has 4 nitrogen and oxygen atoms in total. The molecule has 1 rings (SSSR count). The van der Waals surface area contributed by atoms with E-state index in [1.165, 1.54) is 0 Å². The van der Waals surface area contributed by atoms with Crippen LogP contribution in [-0.2, 0) is 4.79 Å².